The van der Waals surface area contributed by atoms with E-state index in [1.165, 1.54) is 138 Å². The van der Waals surface area contributed by atoms with E-state index in [0.29, 0.717) is 0 Å². The van der Waals surface area contributed by atoms with Gasteiger partial charge in [-0.3, -0.25) is 0 Å². The van der Waals surface area contributed by atoms with Gasteiger partial charge in [-0.15, -0.1) is 0 Å². The quantitative estimate of drug-likeness (QED) is 0.128. The van der Waals surface area contributed by atoms with E-state index >= 15 is 0 Å². The Balaban J connectivity index is 0.936. The molecular weight excluding hydrogens is 938 g/mol. The van der Waals surface area contributed by atoms with Crippen LogP contribution in [0.5, 0.6) is 0 Å². The van der Waals surface area contributed by atoms with Gasteiger partial charge in [-0.25, -0.2) is 0 Å². The van der Waals surface area contributed by atoms with Gasteiger partial charge in [-0.05, 0) is 151 Å². The second-order valence-corrected chi connectivity index (χ2v) is 21.1. The third-order valence-corrected chi connectivity index (χ3v) is 16.9. The van der Waals surface area contributed by atoms with Gasteiger partial charge in [0.1, 0.15) is 0 Å². The average molecular weight is 994 g/mol. The van der Waals surface area contributed by atoms with E-state index in [0.717, 1.165) is 31.4 Å². The summed E-state index contributed by atoms with van der Waals surface area (Å²) < 4.78 is 7.21. The fraction of sp³-hybridized carbons (Fsp3) is 0.0833. The molecule has 3 heterocycles. The van der Waals surface area contributed by atoms with Crippen molar-refractivity contribution in [3.8, 4) is 27.9 Å². The molecule has 1 aliphatic carbocycles. The van der Waals surface area contributed by atoms with Gasteiger partial charge in [0, 0.05) is 56.1 Å². The summed E-state index contributed by atoms with van der Waals surface area (Å²) in [5, 5.41) is 7.64. The summed E-state index contributed by atoms with van der Waals surface area (Å²) in [6, 6.07) is 83.3. The summed E-state index contributed by atoms with van der Waals surface area (Å²) >= 11 is 0. The largest absolute Gasteiger partial charge is 0.343 e. The Morgan fingerprint density at radius 3 is 1.84 bits per heavy atom. The van der Waals surface area contributed by atoms with Gasteiger partial charge in [-0.1, -0.05) is 200 Å². The van der Waals surface area contributed by atoms with Crippen molar-refractivity contribution in [2.45, 2.75) is 32.6 Å². The number of allylic oxidation sites excluding steroid dienone is 6. The van der Waals surface area contributed by atoms with Gasteiger partial charge in [0.05, 0.1) is 27.6 Å². The summed E-state index contributed by atoms with van der Waals surface area (Å²) in [5.41, 5.74) is 25.3. The van der Waals surface area contributed by atoms with E-state index in [4.69, 9.17) is 0 Å². The number of fused-ring (bicyclic) bond motifs is 10. The molecule has 0 N–H and O–H groups in total. The maximum absolute atomic E-state index is 3.02. The third kappa shape index (κ3) is 7.68. The molecule has 0 bridgehead atoms. The van der Waals surface area contributed by atoms with Crippen LogP contribution in [0, 0.1) is 6.92 Å². The minimum atomic E-state index is 0.828. The molecule has 0 saturated carbocycles. The molecule has 0 radical (unpaired) electrons. The number of hydrogen-bond donors (Lipinski definition) is 0. The fourth-order valence-corrected chi connectivity index (χ4v) is 13.1. The van der Waals surface area contributed by atoms with E-state index in [2.05, 4.69) is 280 Å². The monoisotopic (exact) mass is 993 g/mol. The Morgan fingerprint density at radius 2 is 1.04 bits per heavy atom. The van der Waals surface area contributed by atoms with Gasteiger partial charge < -0.3 is 13.5 Å². The lowest BCUT2D eigenvalue weighted by atomic mass is 9.86. The summed E-state index contributed by atoms with van der Waals surface area (Å²) in [6.45, 7) is 2.26. The van der Waals surface area contributed by atoms with Crippen LogP contribution < -0.4 is 0 Å². The molecule has 14 rings (SSSR count). The van der Waals surface area contributed by atoms with E-state index in [1.807, 2.05) is 0 Å². The van der Waals surface area contributed by atoms with Crippen molar-refractivity contribution < 1.29 is 0 Å². The van der Waals surface area contributed by atoms with E-state index in [-0.39, 0.29) is 0 Å². The topological polar surface area (TPSA) is 14.8 Å². The van der Waals surface area contributed by atoms with Crippen LogP contribution in [0.2, 0.25) is 0 Å². The molecule has 0 aliphatic heterocycles. The van der Waals surface area contributed by atoms with Crippen LogP contribution >= 0.6 is 9.39 Å². The third-order valence-electron chi connectivity index (χ3n) is 16.3. The molecule has 3 aromatic heterocycles. The molecule has 0 fully saturated rings. The average Bonchev–Trinajstić information content (AvgIpc) is 4.25. The molecule has 1 aliphatic rings. The SMILES string of the molecule is Cc1ccccc1-c1c(CCc2ccc(C3=CCC(c4ccccc4)=CC(c4ccccc4)=CC3)cc2-c2cccc(-n3c4ccccc4c4c5c(ccc43)c3ccccc3n5P)c2)ccc2c3ccccc3n(C)c12. The van der Waals surface area contributed by atoms with Gasteiger partial charge in [0.15, 0.2) is 0 Å². The number of rotatable bonds is 9. The molecule has 3 nitrogen and oxygen atoms in total. The predicted octanol–water partition coefficient (Wildman–Crippen LogP) is 18.9. The van der Waals surface area contributed by atoms with Crippen LogP contribution in [-0.2, 0) is 19.9 Å². The van der Waals surface area contributed by atoms with E-state index in [9.17, 15) is 0 Å². The summed E-state index contributed by atoms with van der Waals surface area (Å²) in [5.74, 6) is 0. The maximum Gasteiger partial charge on any atom is 0.0622 e. The number of aromatic nitrogens is 3. The lowest BCUT2D eigenvalue weighted by molar-refractivity contribution is 0.959. The number of nitrogens with zero attached hydrogens (tertiary/aromatic N) is 3. The highest BCUT2D eigenvalue weighted by Gasteiger charge is 2.22. The zero-order valence-corrected chi connectivity index (χ0v) is 44.0. The number of hydrogen-bond acceptors (Lipinski definition) is 0. The van der Waals surface area contributed by atoms with Crippen LogP contribution in [0.15, 0.2) is 243 Å². The molecule has 1 unspecified atom stereocenters. The number of benzene rings is 10. The Kier molecular flexibility index (Phi) is 11.4. The first kappa shape index (κ1) is 45.8. The van der Waals surface area contributed by atoms with Crippen LogP contribution in [-0.4, -0.2) is 13.5 Å². The first-order valence-electron chi connectivity index (χ1n) is 26.7. The van der Waals surface area contributed by atoms with Crippen LogP contribution in [0.25, 0.3) is 110 Å². The first-order valence-corrected chi connectivity index (χ1v) is 27.2. The first-order chi connectivity index (χ1) is 37.5. The molecule has 364 valence electrons. The highest BCUT2D eigenvalue weighted by Crippen LogP contribution is 2.44. The van der Waals surface area contributed by atoms with Crippen molar-refractivity contribution in [1.82, 2.24) is 13.5 Å². The molecule has 13 aromatic rings. The molecule has 10 aromatic carbocycles. The predicted molar refractivity (Wildman–Crippen MR) is 328 cm³/mol. The molecule has 76 heavy (non-hydrogen) atoms. The summed E-state index contributed by atoms with van der Waals surface area (Å²) in [6.07, 6.45) is 10.7. The van der Waals surface area contributed by atoms with Crippen molar-refractivity contribution in [3.63, 3.8) is 0 Å². The molecule has 0 amide bonds. The second kappa shape index (κ2) is 18.9. The summed E-state index contributed by atoms with van der Waals surface area (Å²) in [7, 11) is 5.26. The Morgan fingerprint density at radius 1 is 0.421 bits per heavy atom. The minimum absolute atomic E-state index is 0.828. The molecular formula is C72H56N3P. The zero-order valence-electron chi connectivity index (χ0n) is 42.8. The lowest BCUT2D eigenvalue weighted by Gasteiger charge is -2.19. The van der Waals surface area contributed by atoms with Crippen LogP contribution in [0.3, 0.4) is 0 Å². The maximum atomic E-state index is 3.02. The molecule has 0 saturated heterocycles. The standard InChI is InChI=1S/C72H56N3P/c1-47-18-9-10-25-58(47)69-52(40-41-61-59-26-11-14-29-65(59)73(2)71(61)69)36-34-51-35-39-55(50-32-37-53(48-19-5-3-6-20-48)44-54(38-33-50)49-21-7-4-8-22-49)46-64(51)56-23-17-24-57(45-56)74-66-30-15-13-28-63(66)70-68(74)43-42-62-60-27-12-16-31-67(60)75(76)72(62)70/h3-32,35,38-46H,33-34,36-37,76H2,1-2H3. The zero-order chi connectivity index (χ0) is 50.9. The Hall–Kier alpha value is -8.75. The van der Waals surface area contributed by atoms with Gasteiger partial charge in [-0.2, -0.15) is 0 Å². The second-order valence-electron chi connectivity index (χ2n) is 20.6. The van der Waals surface area contributed by atoms with Crippen molar-refractivity contribution >= 4 is 91.5 Å². The Labute approximate surface area is 446 Å². The molecule has 4 heteroatoms. The molecule has 0 spiro atoms. The molecule has 1 atom stereocenters. The lowest BCUT2D eigenvalue weighted by Crippen LogP contribution is -2.01. The van der Waals surface area contributed by atoms with E-state index < -0.39 is 0 Å². The van der Waals surface area contributed by atoms with Crippen molar-refractivity contribution in [2.24, 2.45) is 7.05 Å². The highest BCUT2D eigenvalue weighted by atomic mass is 31.0. The van der Waals surface area contributed by atoms with Crippen LogP contribution in [0.4, 0.5) is 0 Å². The van der Waals surface area contributed by atoms with Crippen molar-refractivity contribution in [1.29, 1.82) is 0 Å². The highest BCUT2D eigenvalue weighted by molar-refractivity contribution is 7.15. The smallest absolute Gasteiger partial charge is 0.0622 e. The van der Waals surface area contributed by atoms with E-state index in [1.54, 1.807) is 0 Å². The van der Waals surface area contributed by atoms with Gasteiger partial charge in [0.2, 0.25) is 0 Å². The fourth-order valence-electron chi connectivity index (χ4n) is 12.6. The normalized spacial score (nSPS) is 13.2. The minimum Gasteiger partial charge on any atom is -0.343 e. The van der Waals surface area contributed by atoms with Crippen molar-refractivity contribution in [3.05, 3.63) is 276 Å². The van der Waals surface area contributed by atoms with Gasteiger partial charge >= 0.3 is 0 Å². The number of para-hydroxylation sites is 3. The summed E-state index contributed by atoms with van der Waals surface area (Å²) in [4.78, 5) is 0. The van der Waals surface area contributed by atoms with Crippen LogP contribution in [0.1, 0.15) is 46.2 Å². The Bertz CT molecular complexity index is 4540. The van der Waals surface area contributed by atoms with Crippen molar-refractivity contribution in [2.75, 3.05) is 0 Å². The number of aryl methyl sites for hydroxylation is 4. The van der Waals surface area contributed by atoms with Gasteiger partial charge in [0.25, 0.3) is 0 Å².